The van der Waals surface area contributed by atoms with E-state index in [1.807, 2.05) is 0 Å². The summed E-state index contributed by atoms with van der Waals surface area (Å²) in [4.78, 5) is 5.65. The molecule has 2 heteroatoms. The fourth-order valence-electron chi connectivity index (χ4n) is 12.5. The van der Waals surface area contributed by atoms with Crippen molar-refractivity contribution in [3.05, 3.63) is 179 Å². The number of rotatable bonds is 3. The summed E-state index contributed by atoms with van der Waals surface area (Å²) in [7, 11) is 0. The minimum atomic E-state index is -0.149. The summed E-state index contributed by atoms with van der Waals surface area (Å²) in [5.74, 6) is 0. The van der Waals surface area contributed by atoms with Gasteiger partial charge in [0.05, 0.1) is 17.3 Å². The van der Waals surface area contributed by atoms with Crippen LogP contribution in [0.3, 0.4) is 0 Å². The SMILES string of the molecule is CC(C)(C)c1cc2c3c(c1)C1(C)CCCCC1(C)N3c1cc3c(c4c1C2N(c1ccc(-c2ccccc2)cc1)c1ccc(-c2ccccc2)cc1-4)-c1ccccc1C3(C)C. The van der Waals surface area contributed by atoms with E-state index in [1.165, 1.54) is 121 Å². The normalized spacial score (nSPS) is 22.4. The second kappa shape index (κ2) is 12.1. The molecule has 0 amide bonds. The van der Waals surface area contributed by atoms with Crippen LogP contribution in [0.15, 0.2) is 146 Å². The Labute approximate surface area is 356 Å². The molecule has 0 saturated heterocycles. The molecule has 0 bridgehead atoms. The van der Waals surface area contributed by atoms with Gasteiger partial charge in [-0.1, -0.05) is 170 Å². The van der Waals surface area contributed by atoms with Crippen molar-refractivity contribution in [2.24, 2.45) is 0 Å². The fourth-order valence-corrected chi connectivity index (χ4v) is 12.5. The zero-order chi connectivity index (χ0) is 40.9. The summed E-state index contributed by atoms with van der Waals surface area (Å²) < 4.78 is 0. The average molecular weight is 779 g/mol. The first kappa shape index (κ1) is 36.0. The zero-order valence-corrected chi connectivity index (χ0v) is 36.2. The molecule has 5 aliphatic rings. The van der Waals surface area contributed by atoms with Crippen molar-refractivity contribution in [1.82, 2.24) is 0 Å². The van der Waals surface area contributed by atoms with Gasteiger partial charge in [-0.15, -0.1) is 0 Å². The van der Waals surface area contributed by atoms with E-state index in [1.54, 1.807) is 5.56 Å². The highest BCUT2D eigenvalue weighted by atomic mass is 15.3. The molecule has 0 N–H and O–H groups in total. The predicted octanol–water partition coefficient (Wildman–Crippen LogP) is 15.6. The minimum absolute atomic E-state index is 0.0102. The molecule has 0 aromatic heterocycles. The monoisotopic (exact) mass is 778 g/mol. The number of benzene rings is 7. The van der Waals surface area contributed by atoms with Gasteiger partial charge in [0.15, 0.2) is 0 Å². The predicted molar refractivity (Wildman–Crippen MR) is 252 cm³/mol. The molecule has 0 spiro atoms. The zero-order valence-electron chi connectivity index (χ0n) is 36.2. The van der Waals surface area contributed by atoms with E-state index in [-0.39, 0.29) is 27.8 Å². The van der Waals surface area contributed by atoms with E-state index in [4.69, 9.17) is 0 Å². The molecule has 3 heterocycles. The molecule has 3 unspecified atom stereocenters. The van der Waals surface area contributed by atoms with Crippen molar-refractivity contribution in [2.45, 2.75) is 102 Å². The Morgan fingerprint density at radius 2 is 1.17 bits per heavy atom. The summed E-state index contributed by atoms with van der Waals surface area (Å²) in [6.45, 7) is 17.4. The molecule has 60 heavy (non-hydrogen) atoms. The van der Waals surface area contributed by atoms with Gasteiger partial charge in [-0.3, -0.25) is 0 Å². The van der Waals surface area contributed by atoms with Crippen molar-refractivity contribution in [3.63, 3.8) is 0 Å². The van der Waals surface area contributed by atoms with Crippen molar-refractivity contribution < 1.29 is 0 Å². The van der Waals surface area contributed by atoms with Gasteiger partial charge in [-0.2, -0.15) is 0 Å². The van der Waals surface area contributed by atoms with E-state index in [2.05, 4.69) is 204 Å². The third-order valence-corrected chi connectivity index (χ3v) is 15.9. The quantitative estimate of drug-likeness (QED) is 0.176. The van der Waals surface area contributed by atoms with Crippen LogP contribution in [0.1, 0.15) is 114 Å². The summed E-state index contributed by atoms with van der Waals surface area (Å²) in [5.41, 5.74) is 24.6. The van der Waals surface area contributed by atoms with Crippen molar-refractivity contribution in [2.75, 3.05) is 9.80 Å². The minimum Gasteiger partial charge on any atom is -0.334 e. The first-order valence-corrected chi connectivity index (χ1v) is 22.4. The van der Waals surface area contributed by atoms with Crippen LogP contribution in [0.2, 0.25) is 0 Å². The Morgan fingerprint density at radius 3 is 1.88 bits per heavy atom. The molecule has 7 aromatic rings. The second-order valence-electron chi connectivity index (χ2n) is 20.4. The molecule has 7 aromatic carbocycles. The van der Waals surface area contributed by atoms with E-state index < -0.39 is 0 Å². The van der Waals surface area contributed by atoms with Crippen LogP contribution in [-0.4, -0.2) is 5.54 Å². The first-order valence-electron chi connectivity index (χ1n) is 22.4. The lowest BCUT2D eigenvalue weighted by Gasteiger charge is -2.54. The summed E-state index contributed by atoms with van der Waals surface area (Å²) >= 11 is 0. The van der Waals surface area contributed by atoms with Gasteiger partial charge in [0, 0.05) is 44.6 Å². The Balaban J connectivity index is 1.24. The van der Waals surface area contributed by atoms with Gasteiger partial charge < -0.3 is 9.80 Å². The lowest BCUT2D eigenvalue weighted by molar-refractivity contribution is 0.194. The number of anilines is 4. The highest BCUT2D eigenvalue weighted by Crippen LogP contribution is 2.71. The highest BCUT2D eigenvalue weighted by Gasteiger charge is 2.62. The third-order valence-electron chi connectivity index (χ3n) is 15.9. The van der Waals surface area contributed by atoms with Crippen LogP contribution in [0.5, 0.6) is 0 Å². The largest absolute Gasteiger partial charge is 0.334 e. The van der Waals surface area contributed by atoms with Crippen LogP contribution in [-0.2, 0) is 16.2 Å². The van der Waals surface area contributed by atoms with Gasteiger partial charge in [-0.25, -0.2) is 0 Å². The maximum Gasteiger partial charge on any atom is 0.0891 e. The third kappa shape index (κ3) is 4.60. The molecule has 2 aliphatic carbocycles. The number of hydrogen-bond acceptors (Lipinski definition) is 2. The maximum atomic E-state index is 2.92. The molecule has 12 rings (SSSR count). The Hall–Kier alpha value is -5.86. The molecule has 2 nitrogen and oxygen atoms in total. The lowest BCUT2D eigenvalue weighted by Crippen LogP contribution is -2.55. The topological polar surface area (TPSA) is 6.48 Å². The molecule has 1 saturated carbocycles. The number of nitrogens with zero attached hydrogens (tertiary/aromatic N) is 2. The van der Waals surface area contributed by atoms with Crippen LogP contribution >= 0.6 is 0 Å². The smallest absolute Gasteiger partial charge is 0.0891 e. The maximum absolute atomic E-state index is 2.92. The Morgan fingerprint density at radius 1 is 0.533 bits per heavy atom. The van der Waals surface area contributed by atoms with E-state index in [0.29, 0.717) is 0 Å². The van der Waals surface area contributed by atoms with E-state index in [0.717, 1.165) is 0 Å². The summed E-state index contributed by atoms with van der Waals surface area (Å²) in [6.07, 6.45) is 4.92. The molecule has 3 aliphatic heterocycles. The van der Waals surface area contributed by atoms with Gasteiger partial charge in [0.25, 0.3) is 0 Å². The van der Waals surface area contributed by atoms with Gasteiger partial charge >= 0.3 is 0 Å². The molecular weight excluding hydrogens is 725 g/mol. The lowest BCUT2D eigenvalue weighted by atomic mass is 9.61. The molecule has 0 radical (unpaired) electrons. The van der Waals surface area contributed by atoms with Gasteiger partial charge in [-0.05, 0) is 117 Å². The Kier molecular flexibility index (Phi) is 7.28. The fraction of sp³-hybridized carbons (Fsp3) is 0.276. The van der Waals surface area contributed by atoms with Crippen molar-refractivity contribution >= 4 is 22.7 Å². The summed E-state index contributed by atoms with van der Waals surface area (Å²) in [5, 5.41) is 0. The summed E-state index contributed by atoms with van der Waals surface area (Å²) in [6, 6.07) is 55.8. The van der Waals surface area contributed by atoms with Crippen LogP contribution < -0.4 is 9.80 Å². The second-order valence-corrected chi connectivity index (χ2v) is 20.4. The van der Waals surface area contributed by atoms with Crippen LogP contribution in [0.25, 0.3) is 44.5 Å². The number of fused-ring (bicyclic) bond motifs is 11. The molecule has 1 fully saturated rings. The van der Waals surface area contributed by atoms with Gasteiger partial charge in [0.1, 0.15) is 0 Å². The molecule has 3 atom stereocenters. The highest BCUT2D eigenvalue weighted by molar-refractivity contribution is 6.07. The van der Waals surface area contributed by atoms with Crippen molar-refractivity contribution in [1.29, 1.82) is 0 Å². The van der Waals surface area contributed by atoms with Crippen LogP contribution in [0.4, 0.5) is 22.7 Å². The Bertz CT molecular complexity index is 2910. The van der Waals surface area contributed by atoms with E-state index >= 15 is 0 Å². The van der Waals surface area contributed by atoms with Crippen molar-refractivity contribution in [3.8, 4) is 44.5 Å². The first-order chi connectivity index (χ1) is 28.9. The van der Waals surface area contributed by atoms with Crippen LogP contribution in [0, 0.1) is 0 Å². The number of hydrogen-bond donors (Lipinski definition) is 0. The average Bonchev–Trinajstić information content (AvgIpc) is 3.62. The molecule has 296 valence electrons. The van der Waals surface area contributed by atoms with Gasteiger partial charge in [0.2, 0.25) is 0 Å². The standard InChI is InChI=1S/C58H54N2/c1-55(2,3)40-33-44-53-47(34-40)57(6)30-16-17-31-58(57,7)60(53)49-35-46-50(42-22-14-15-23-45(42)56(46,4)5)51-43-32-39(37-20-12-9-13-21-37)26-29-48(43)59(54(44)52(49)51)41-27-24-38(25-28-41)36-18-10-8-11-19-36/h8-15,18-29,32-35,54H,16-17,30-31H2,1-7H3. The van der Waals surface area contributed by atoms with E-state index in [9.17, 15) is 0 Å². The molecular formula is C58H54N2.